The minimum Gasteiger partial charge on any atom is -0.465 e. The van der Waals surface area contributed by atoms with Crippen LogP contribution in [0.4, 0.5) is 0 Å². The van der Waals surface area contributed by atoms with Crippen molar-refractivity contribution in [3.8, 4) is 0 Å². The summed E-state index contributed by atoms with van der Waals surface area (Å²) in [6.07, 6.45) is 0.669. The highest BCUT2D eigenvalue weighted by molar-refractivity contribution is 5.71. The molecule has 0 amide bonds. The molecule has 0 radical (unpaired) electrons. The van der Waals surface area contributed by atoms with Gasteiger partial charge in [0, 0.05) is 11.3 Å². The normalized spacial score (nSPS) is 9.07. The molecule has 0 spiro atoms. The van der Waals surface area contributed by atoms with Crippen LogP contribution in [-0.2, 0) is 16.0 Å². The van der Waals surface area contributed by atoms with Crippen LogP contribution in [0.25, 0.3) is 10.4 Å². The van der Waals surface area contributed by atoms with Gasteiger partial charge in [-0.05, 0) is 11.1 Å². The molecule has 0 atom stereocenters. The van der Waals surface area contributed by atoms with E-state index in [0.717, 1.165) is 5.56 Å². The van der Waals surface area contributed by atoms with Crippen molar-refractivity contribution in [2.75, 3.05) is 13.2 Å². The van der Waals surface area contributed by atoms with Crippen LogP contribution >= 0.6 is 0 Å². The lowest BCUT2D eigenvalue weighted by atomic mass is 10.2. The smallest absolute Gasteiger partial charge is 0.311 e. The van der Waals surface area contributed by atoms with Crippen molar-refractivity contribution in [1.82, 2.24) is 0 Å². The van der Waals surface area contributed by atoms with E-state index in [1.54, 1.807) is 0 Å². The summed E-state index contributed by atoms with van der Waals surface area (Å²) in [5.41, 5.74) is 9.07. The highest BCUT2D eigenvalue weighted by Crippen LogP contribution is 1.99. The molecule has 0 heterocycles. The highest BCUT2D eigenvalue weighted by atomic mass is 16.5. The van der Waals surface area contributed by atoms with E-state index >= 15 is 0 Å². The standard InChI is InChI=1S/C10H11N3O2/c11-13-12-8-10(14)15-7-6-9-4-2-1-3-5-9/h1-5H,6-8H2. The Morgan fingerprint density at radius 1 is 1.40 bits per heavy atom. The largest absolute Gasteiger partial charge is 0.465 e. The van der Waals surface area contributed by atoms with E-state index < -0.39 is 5.97 Å². The van der Waals surface area contributed by atoms with Crippen molar-refractivity contribution in [3.05, 3.63) is 46.3 Å². The molecule has 5 heteroatoms. The predicted octanol–water partition coefficient (Wildman–Crippen LogP) is 2.08. The van der Waals surface area contributed by atoms with Crippen molar-refractivity contribution >= 4 is 5.97 Å². The summed E-state index contributed by atoms with van der Waals surface area (Å²) < 4.78 is 4.84. The second-order valence-corrected chi connectivity index (χ2v) is 2.85. The van der Waals surface area contributed by atoms with Crippen LogP contribution in [0.3, 0.4) is 0 Å². The lowest BCUT2D eigenvalue weighted by molar-refractivity contribution is -0.141. The Bertz CT molecular complexity index is 358. The Morgan fingerprint density at radius 3 is 2.80 bits per heavy atom. The van der Waals surface area contributed by atoms with E-state index in [4.69, 9.17) is 10.3 Å². The van der Waals surface area contributed by atoms with Crippen LogP contribution in [0.1, 0.15) is 5.56 Å². The summed E-state index contributed by atoms with van der Waals surface area (Å²) in [6, 6.07) is 9.70. The van der Waals surface area contributed by atoms with Crippen LogP contribution in [0.5, 0.6) is 0 Å². The zero-order chi connectivity index (χ0) is 10.9. The number of azide groups is 1. The van der Waals surface area contributed by atoms with Crippen molar-refractivity contribution in [3.63, 3.8) is 0 Å². The molecule has 5 nitrogen and oxygen atoms in total. The zero-order valence-electron chi connectivity index (χ0n) is 8.17. The van der Waals surface area contributed by atoms with Gasteiger partial charge in [0.25, 0.3) is 0 Å². The van der Waals surface area contributed by atoms with E-state index in [1.165, 1.54) is 0 Å². The SMILES string of the molecule is [N-]=[N+]=NCC(=O)OCCc1ccccc1. The lowest BCUT2D eigenvalue weighted by Crippen LogP contribution is -2.10. The fraction of sp³-hybridized carbons (Fsp3) is 0.300. The van der Waals surface area contributed by atoms with E-state index in [0.29, 0.717) is 13.0 Å². The van der Waals surface area contributed by atoms with Gasteiger partial charge >= 0.3 is 5.97 Å². The monoisotopic (exact) mass is 205 g/mol. The molecule has 0 fully saturated rings. The van der Waals surface area contributed by atoms with Gasteiger partial charge < -0.3 is 4.74 Å². The summed E-state index contributed by atoms with van der Waals surface area (Å²) in [7, 11) is 0. The van der Waals surface area contributed by atoms with E-state index in [-0.39, 0.29) is 6.54 Å². The van der Waals surface area contributed by atoms with E-state index in [9.17, 15) is 4.79 Å². The quantitative estimate of drug-likeness (QED) is 0.319. The first kappa shape index (κ1) is 11.1. The summed E-state index contributed by atoms with van der Waals surface area (Å²) in [4.78, 5) is 13.4. The third-order valence-corrected chi connectivity index (χ3v) is 1.76. The van der Waals surface area contributed by atoms with Gasteiger partial charge in [-0.2, -0.15) is 0 Å². The molecule has 1 aromatic rings. The van der Waals surface area contributed by atoms with E-state index in [1.807, 2.05) is 30.3 Å². The zero-order valence-corrected chi connectivity index (χ0v) is 8.17. The molecular weight excluding hydrogens is 194 g/mol. The molecule has 0 saturated heterocycles. The van der Waals surface area contributed by atoms with Crippen molar-refractivity contribution < 1.29 is 9.53 Å². The maximum atomic E-state index is 10.9. The Balaban J connectivity index is 2.22. The maximum absolute atomic E-state index is 10.9. The number of hydrogen-bond acceptors (Lipinski definition) is 3. The molecule has 0 N–H and O–H groups in total. The topological polar surface area (TPSA) is 75.1 Å². The summed E-state index contributed by atoms with van der Waals surface area (Å²) in [6.45, 7) is 0.0646. The molecule has 0 saturated carbocycles. The van der Waals surface area contributed by atoms with Crippen LogP contribution in [0.2, 0.25) is 0 Å². The third-order valence-electron chi connectivity index (χ3n) is 1.76. The second-order valence-electron chi connectivity index (χ2n) is 2.85. The number of carbonyl (C=O) groups is 1. The van der Waals surface area contributed by atoms with Gasteiger partial charge in [0.05, 0.1) is 6.61 Å². The Morgan fingerprint density at radius 2 is 2.13 bits per heavy atom. The van der Waals surface area contributed by atoms with Crippen molar-refractivity contribution in [2.45, 2.75) is 6.42 Å². The van der Waals surface area contributed by atoms with Gasteiger partial charge in [-0.25, -0.2) is 0 Å². The van der Waals surface area contributed by atoms with Crippen LogP contribution in [0, 0.1) is 0 Å². The lowest BCUT2D eigenvalue weighted by Gasteiger charge is -2.02. The minimum absolute atomic E-state index is 0.245. The van der Waals surface area contributed by atoms with Gasteiger partial charge in [0.1, 0.15) is 6.54 Å². The van der Waals surface area contributed by atoms with Gasteiger partial charge in [0.2, 0.25) is 0 Å². The van der Waals surface area contributed by atoms with Crippen LogP contribution < -0.4 is 0 Å². The number of ether oxygens (including phenoxy) is 1. The van der Waals surface area contributed by atoms with Gasteiger partial charge in [-0.3, -0.25) is 4.79 Å². The summed E-state index contributed by atoms with van der Waals surface area (Å²) >= 11 is 0. The van der Waals surface area contributed by atoms with Crippen molar-refractivity contribution in [1.29, 1.82) is 0 Å². The van der Waals surface area contributed by atoms with Gasteiger partial charge in [-0.1, -0.05) is 35.4 Å². The molecule has 0 aromatic heterocycles. The molecule has 1 aromatic carbocycles. The third kappa shape index (κ3) is 4.69. The van der Waals surface area contributed by atoms with Crippen molar-refractivity contribution in [2.24, 2.45) is 5.11 Å². The van der Waals surface area contributed by atoms with Gasteiger partial charge in [0.15, 0.2) is 0 Å². The molecule has 15 heavy (non-hydrogen) atoms. The van der Waals surface area contributed by atoms with E-state index in [2.05, 4.69) is 10.0 Å². The van der Waals surface area contributed by atoms with Crippen LogP contribution in [0.15, 0.2) is 35.4 Å². The average molecular weight is 205 g/mol. The molecule has 0 bridgehead atoms. The molecular formula is C10H11N3O2. The molecule has 0 aliphatic rings. The Kier molecular flexibility index (Phi) is 4.77. The second kappa shape index (κ2) is 6.45. The Hall–Kier alpha value is -2.00. The highest BCUT2D eigenvalue weighted by Gasteiger charge is 1.99. The summed E-state index contributed by atoms with van der Waals surface area (Å²) in [5, 5.41) is 3.10. The Labute approximate surface area is 87.3 Å². The van der Waals surface area contributed by atoms with Crippen LogP contribution in [-0.4, -0.2) is 19.1 Å². The first-order valence-corrected chi connectivity index (χ1v) is 4.53. The number of rotatable bonds is 5. The van der Waals surface area contributed by atoms with Gasteiger partial charge in [-0.15, -0.1) is 0 Å². The summed E-state index contributed by atoms with van der Waals surface area (Å²) in [5.74, 6) is -0.497. The number of esters is 1. The first-order chi connectivity index (χ1) is 7.33. The number of nitrogens with zero attached hydrogens (tertiary/aromatic N) is 3. The molecule has 78 valence electrons. The molecule has 0 aliphatic heterocycles. The molecule has 1 rings (SSSR count). The fourth-order valence-corrected chi connectivity index (χ4v) is 1.06. The number of carbonyl (C=O) groups excluding carboxylic acids is 1. The first-order valence-electron chi connectivity index (χ1n) is 4.53. The minimum atomic E-state index is -0.497. The number of benzene rings is 1. The maximum Gasteiger partial charge on any atom is 0.311 e. The fourth-order valence-electron chi connectivity index (χ4n) is 1.06. The average Bonchev–Trinajstić information content (AvgIpc) is 2.28. The predicted molar refractivity (Wildman–Crippen MR) is 55.1 cm³/mol. The molecule has 0 aliphatic carbocycles. The molecule has 0 unspecified atom stereocenters. The number of hydrogen-bond donors (Lipinski definition) is 0.